The molecule has 0 radical (unpaired) electrons. The summed E-state index contributed by atoms with van der Waals surface area (Å²) >= 11 is 0. The van der Waals surface area contributed by atoms with E-state index in [-0.39, 0.29) is 5.91 Å². The van der Waals surface area contributed by atoms with Gasteiger partial charge in [-0.15, -0.1) is 0 Å². The van der Waals surface area contributed by atoms with Gasteiger partial charge in [0.1, 0.15) is 5.41 Å². The van der Waals surface area contributed by atoms with Crippen LogP contribution in [-0.4, -0.2) is 30.1 Å². The maximum absolute atomic E-state index is 12.5. The Morgan fingerprint density at radius 1 is 1.08 bits per heavy atom. The molecule has 1 amide bonds. The first kappa shape index (κ1) is 17.9. The van der Waals surface area contributed by atoms with Crippen molar-refractivity contribution in [2.24, 2.45) is 5.41 Å². The molecule has 0 atom stereocenters. The van der Waals surface area contributed by atoms with Crippen molar-refractivity contribution in [2.45, 2.75) is 57.4 Å². The second-order valence-corrected chi connectivity index (χ2v) is 7.40. The number of aliphatic carboxylic acids is 1. The Balaban J connectivity index is 1.58. The van der Waals surface area contributed by atoms with E-state index >= 15 is 0 Å². The fraction of sp³-hybridized carbons (Fsp3) is 0.600. The molecule has 1 aliphatic heterocycles. The number of carboxylic acids is 1. The molecule has 0 unspecified atom stereocenters. The van der Waals surface area contributed by atoms with Crippen LogP contribution in [0.5, 0.6) is 0 Å². The lowest BCUT2D eigenvalue weighted by atomic mass is 9.78. The average Bonchev–Trinajstić information content (AvgIpc) is 2.67. The van der Waals surface area contributed by atoms with Gasteiger partial charge in [-0.05, 0) is 55.8 Å². The zero-order valence-electron chi connectivity index (χ0n) is 14.7. The van der Waals surface area contributed by atoms with Crippen LogP contribution >= 0.6 is 0 Å². The smallest absolute Gasteiger partial charge is 0.319 e. The summed E-state index contributed by atoms with van der Waals surface area (Å²) in [6.07, 6.45) is 7.20. The molecular formula is C20H28N2O3. The van der Waals surface area contributed by atoms with E-state index in [1.807, 2.05) is 0 Å². The molecule has 0 bridgehead atoms. The van der Waals surface area contributed by atoms with Crippen LogP contribution in [0.15, 0.2) is 24.3 Å². The number of nitrogens with one attached hydrogen (secondary N) is 2. The van der Waals surface area contributed by atoms with E-state index in [9.17, 15) is 14.7 Å². The Morgan fingerprint density at radius 3 is 2.32 bits per heavy atom. The van der Waals surface area contributed by atoms with Crippen molar-refractivity contribution in [1.29, 1.82) is 0 Å². The van der Waals surface area contributed by atoms with Crippen molar-refractivity contribution >= 4 is 11.9 Å². The molecule has 0 spiro atoms. The number of carboxylic acid groups (broad SMARTS) is 1. The summed E-state index contributed by atoms with van der Waals surface area (Å²) in [6, 6.07) is 8.43. The zero-order chi connectivity index (χ0) is 17.7. The molecule has 1 heterocycles. The summed E-state index contributed by atoms with van der Waals surface area (Å²) in [4.78, 5) is 24.2. The minimum atomic E-state index is -1.28. The van der Waals surface area contributed by atoms with Crippen molar-refractivity contribution in [3.05, 3.63) is 35.4 Å². The lowest BCUT2D eigenvalue weighted by molar-refractivity contribution is -0.157. The molecule has 5 nitrogen and oxygen atoms in total. The SMILES string of the molecule is O=C(O)C1(C(=O)NCc2ccc(C3CCCCC3)cc2)CCNCC1. The normalized spacial score (nSPS) is 20.8. The van der Waals surface area contributed by atoms with Gasteiger partial charge in [0.25, 0.3) is 0 Å². The number of rotatable bonds is 5. The molecule has 1 saturated heterocycles. The molecular weight excluding hydrogens is 316 g/mol. The standard InChI is InChI=1S/C20H28N2O3/c23-18(20(19(24)25)10-12-21-13-11-20)22-14-15-6-8-17(9-7-15)16-4-2-1-3-5-16/h6-9,16,21H,1-5,10-14H2,(H,22,23)(H,24,25). The Labute approximate surface area is 149 Å². The summed E-state index contributed by atoms with van der Waals surface area (Å²) in [6.45, 7) is 1.51. The van der Waals surface area contributed by atoms with Crippen LogP contribution in [0.4, 0.5) is 0 Å². The number of carbonyl (C=O) groups excluding carboxylic acids is 1. The zero-order valence-corrected chi connectivity index (χ0v) is 14.7. The molecule has 2 fully saturated rings. The molecule has 25 heavy (non-hydrogen) atoms. The van der Waals surface area contributed by atoms with Crippen molar-refractivity contribution in [1.82, 2.24) is 10.6 Å². The summed E-state index contributed by atoms with van der Waals surface area (Å²) in [5.41, 5.74) is 1.12. The molecule has 5 heteroatoms. The Hall–Kier alpha value is -1.88. The first-order valence-corrected chi connectivity index (χ1v) is 9.43. The first-order valence-electron chi connectivity index (χ1n) is 9.43. The Morgan fingerprint density at radius 2 is 1.72 bits per heavy atom. The minimum absolute atomic E-state index is 0.342. The molecule has 1 saturated carbocycles. The second-order valence-electron chi connectivity index (χ2n) is 7.40. The number of hydrogen-bond donors (Lipinski definition) is 3. The van der Waals surface area contributed by atoms with Crippen molar-refractivity contribution in [3.63, 3.8) is 0 Å². The molecule has 136 valence electrons. The topological polar surface area (TPSA) is 78.4 Å². The Bertz CT molecular complexity index is 600. The van der Waals surface area contributed by atoms with Crippen LogP contribution in [0, 0.1) is 5.41 Å². The monoisotopic (exact) mass is 344 g/mol. The lowest BCUT2D eigenvalue weighted by Crippen LogP contribution is -2.52. The largest absolute Gasteiger partial charge is 0.480 e. The minimum Gasteiger partial charge on any atom is -0.480 e. The van der Waals surface area contributed by atoms with Crippen molar-refractivity contribution in [2.75, 3.05) is 13.1 Å². The fourth-order valence-corrected chi connectivity index (χ4v) is 4.09. The molecule has 2 aliphatic rings. The van der Waals surface area contributed by atoms with Gasteiger partial charge in [0.2, 0.25) is 5.91 Å². The quantitative estimate of drug-likeness (QED) is 0.718. The van der Waals surface area contributed by atoms with Gasteiger partial charge in [-0.25, -0.2) is 0 Å². The summed E-state index contributed by atoms with van der Waals surface area (Å²) in [5.74, 6) is -0.709. The van der Waals surface area contributed by atoms with Crippen LogP contribution in [0.1, 0.15) is 62.0 Å². The van der Waals surface area contributed by atoms with Gasteiger partial charge in [-0.3, -0.25) is 9.59 Å². The lowest BCUT2D eigenvalue weighted by Gasteiger charge is -2.32. The third-order valence-electron chi connectivity index (χ3n) is 5.81. The van der Waals surface area contributed by atoms with E-state index in [4.69, 9.17) is 0 Å². The fourth-order valence-electron chi connectivity index (χ4n) is 4.09. The van der Waals surface area contributed by atoms with Crippen LogP contribution in [0.25, 0.3) is 0 Å². The first-order chi connectivity index (χ1) is 12.1. The van der Waals surface area contributed by atoms with Gasteiger partial charge in [-0.2, -0.15) is 0 Å². The van der Waals surface area contributed by atoms with Crippen LogP contribution < -0.4 is 10.6 Å². The van der Waals surface area contributed by atoms with Gasteiger partial charge in [-0.1, -0.05) is 43.5 Å². The third kappa shape index (κ3) is 4.03. The molecule has 3 N–H and O–H groups in total. The molecule has 0 aromatic heterocycles. The maximum Gasteiger partial charge on any atom is 0.319 e. The van der Waals surface area contributed by atoms with Crippen molar-refractivity contribution < 1.29 is 14.7 Å². The van der Waals surface area contributed by atoms with Gasteiger partial charge >= 0.3 is 5.97 Å². The number of piperidine rings is 1. The highest BCUT2D eigenvalue weighted by molar-refractivity contribution is 6.02. The van der Waals surface area contributed by atoms with E-state index < -0.39 is 11.4 Å². The highest BCUT2D eigenvalue weighted by Gasteiger charge is 2.46. The van der Waals surface area contributed by atoms with E-state index in [2.05, 4.69) is 34.9 Å². The number of carbonyl (C=O) groups is 2. The average molecular weight is 344 g/mol. The van der Waals surface area contributed by atoms with Gasteiger partial charge in [0.15, 0.2) is 0 Å². The number of amides is 1. The molecule has 1 aromatic carbocycles. The van der Waals surface area contributed by atoms with E-state index in [0.29, 0.717) is 38.4 Å². The van der Waals surface area contributed by atoms with Gasteiger partial charge in [0, 0.05) is 6.54 Å². The third-order valence-corrected chi connectivity index (χ3v) is 5.81. The highest BCUT2D eigenvalue weighted by atomic mass is 16.4. The maximum atomic E-state index is 12.5. The van der Waals surface area contributed by atoms with E-state index in [1.165, 1.54) is 37.7 Å². The van der Waals surface area contributed by atoms with Crippen LogP contribution in [-0.2, 0) is 16.1 Å². The van der Waals surface area contributed by atoms with Crippen LogP contribution in [0.2, 0.25) is 0 Å². The molecule has 1 aliphatic carbocycles. The predicted octanol–water partition coefficient (Wildman–Crippen LogP) is 2.80. The second kappa shape index (κ2) is 8.00. The molecule has 3 rings (SSSR count). The van der Waals surface area contributed by atoms with Crippen LogP contribution in [0.3, 0.4) is 0 Å². The summed E-state index contributed by atoms with van der Waals surface area (Å²) in [7, 11) is 0. The summed E-state index contributed by atoms with van der Waals surface area (Å²) in [5, 5.41) is 15.5. The summed E-state index contributed by atoms with van der Waals surface area (Å²) < 4.78 is 0. The van der Waals surface area contributed by atoms with Gasteiger partial charge in [0.05, 0.1) is 0 Å². The predicted molar refractivity (Wildman–Crippen MR) is 96.3 cm³/mol. The number of benzene rings is 1. The van der Waals surface area contributed by atoms with E-state index in [1.54, 1.807) is 0 Å². The van der Waals surface area contributed by atoms with Crippen molar-refractivity contribution in [3.8, 4) is 0 Å². The van der Waals surface area contributed by atoms with Gasteiger partial charge < -0.3 is 15.7 Å². The highest BCUT2D eigenvalue weighted by Crippen LogP contribution is 2.33. The Kier molecular flexibility index (Phi) is 5.74. The number of hydrogen-bond acceptors (Lipinski definition) is 3. The molecule has 1 aromatic rings. The van der Waals surface area contributed by atoms with E-state index in [0.717, 1.165) is 5.56 Å².